The molecule has 0 aliphatic heterocycles. The van der Waals surface area contributed by atoms with Crippen molar-refractivity contribution in [3.8, 4) is 0 Å². The van der Waals surface area contributed by atoms with Crippen LogP contribution in [-0.4, -0.2) is 37.2 Å². The Hall–Kier alpha value is -0.913. The van der Waals surface area contributed by atoms with Crippen LogP contribution in [0.1, 0.15) is 47.5 Å². The fourth-order valence-corrected chi connectivity index (χ4v) is 5.28. The van der Waals surface area contributed by atoms with Crippen molar-refractivity contribution in [3.05, 3.63) is 23.8 Å². The van der Waals surface area contributed by atoms with E-state index in [4.69, 9.17) is 9.16 Å². The van der Waals surface area contributed by atoms with Gasteiger partial charge in [0.15, 0.2) is 8.32 Å². The quantitative estimate of drug-likeness (QED) is 0.312. The summed E-state index contributed by atoms with van der Waals surface area (Å²) in [4.78, 5) is 11.6. The average molecular weight is 369 g/mol. The highest BCUT2D eigenvalue weighted by Gasteiger charge is 2.54. The van der Waals surface area contributed by atoms with E-state index in [1.54, 1.807) is 6.92 Å². The van der Waals surface area contributed by atoms with E-state index in [2.05, 4.69) is 32.6 Å². The van der Waals surface area contributed by atoms with E-state index in [1.807, 2.05) is 26.8 Å². The maximum absolute atomic E-state index is 11.6. The molecule has 0 aromatic carbocycles. The molecule has 5 heteroatoms. The highest BCUT2D eigenvalue weighted by molar-refractivity contribution is 6.69. The standard InChI is InChI=1S/C20H36O4Si/c1-9-23-18(21)14-15(2)12-13-20(24-25(6,7)8)16(3)10-11-17(20)19(4,5)22/h12-14,16-17,22H,9-11H2,1-8H3. The van der Waals surface area contributed by atoms with Crippen molar-refractivity contribution in [2.75, 3.05) is 6.61 Å². The predicted molar refractivity (Wildman–Crippen MR) is 105 cm³/mol. The fraction of sp³-hybridized carbons (Fsp3) is 0.750. The Bertz CT molecular complexity index is 525. The topological polar surface area (TPSA) is 55.8 Å². The minimum atomic E-state index is -1.85. The molecule has 1 rings (SSSR count). The van der Waals surface area contributed by atoms with Crippen molar-refractivity contribution in [1.29, 1.82) is 0 Å². The second-order valence-electron chi connectivity index (χ2n) is 8.73. The zero-order valence-corrected chi connectivity index (χ0v) is 18.2. The summed E-state index contributed by atoms with van der Waals surface area (Å²) in [5.74, 6) is -0.000940. The molecule has 3 atom stereocenters. The lowest BCUT2D eigenvalue weighted by molar-refractivity contribution is -0.137. The molecule has 0 bridgehead atoms. The number of hydrogen-bond donors (Lipinski definition) is 1. The average Bonchev–Trinajstić information content (AvgIpc) is 2.72. The van der Waals surface area contributed by atoms with Crippen LogP contribution in [0.5, 0.6) is 0 Å². The molecule has 0 saturated heterocycles. The SMILES string of the molecule is CCOC(=O)C=C(C)C=CC1(O[Si](C)(C)C)C(C)CCC1C(C)(C)O. The first-order chi connectivity index (χ1) is 11.3. The molecule has 1 aliphatic carbocycles. The van der Waals surface area contributed by atoms with Crippen molar-refractivity contribution in [2.45, 2.75) is 78.3 Å². The first-order valence-corrected chi connectivity index (χ1v) is 12.7. The van der Waals surface area contributed by atoms with Gasteiger partial charge in [0, 0.05) is 12.0 Å². The van der Waals surface area contributed by atoms with Gasteiger partial charge in [0.05, 0.1) is 17.8 Å². The van der Waals surface area contributed by atoms with Crippen LogP contribution in [-0.2, 0) is 14.0 Å². The van der Waals surface area contributed by atoms with Crippen LogP contribution < -0.4 is 0 Å². The molecule has 1 saturated carbocycles. The number of carbonyl (C=O) groups is 1. The van der Waals surface area contributed by atoms with E-state index >= 15 is 0 Å². The van der Waals surface area contributed by atoms with Crippen LogP contribution in [0.4, 0.5) is 0 Å². The van der Waals surface area contributed by atoms with Gasteiger partial charge in [-0.2, -0.15) is 0 Å². The molecule has 25 heavy (non-hydrogen) atoms. The summed E-state index contributed by atoms with van der Waals surface area (Å²) in [7, 11) is -1.85. The Labute approximate surface area is 154 Å². The molecule has 144 valence electrons. The van der Waals surface area contributed by atoms with Gasteiger partial charge in [0.1, 0.15) is 0 Å². The maximum atomic E-state index is 11.6. The molecule has 4 nitrogen and oxygen atoms in total. The van der Waals surface area contributed by atoms with E-state index in [1.165, 1.54) is 6.08 Å². The lowest BCUT2D eigenvalue weighted by Gasteiger charge is -2.46. The Balaban J connectivity index is 3.24. The Kier molecular flexibility index (Phi) is 7.25. The van der Waals surface area contributed by atoms with Gasteiger partial charge in [0.25, 0.3) is 0 Å². The zero-order valence-electron chi connectivity index (χ0n) is 17.2. The minimum Gasteiger partial charge on any atom is -0.463 e. The first kappa shape index (κ1) is 22.1. The van der Waals surface area contributed by atoms with Gasteiger partial charge in [-0.25, -0.2) is 4.79 Å². The maximum Gasteiger partial charge on any atom is 0.330 e. The monoisotopic (exact) mass is 368 g/mol. The molecular weight excluding hydrogens is 332 g/mol. The van der Waals surface area contributed by atoms with Crippen LogP contribution in [0.3, 0.4) is 0 Å². The van der Waals surface area contributed by atoms with Crippen molar-refractivity contribution in [3.63, 3.8) is 0 Å². The summed E-state index contributed by atoms with van der Waals surface area (Å²) in [6.07, 6.45) is 7.47. The summed E-state index contributed by atoms with van der Waals surface area (Å²) in [6, 6.07) is 0. The highest BCUT2D eigenvalue weighted by atomic mass is 28.4. The van der Waals surface area contributed by atoms with Crippen LogP contribution in [0.15, 0.2) is 23.8 Å². The second kappa shape index (κ2) is 8.19. The normalized spacial score (nSPS) is 28.6. The predicted octanol–water partition coefficient (Wildman–Crippen LogP) is 4.46. The van der Waals surface area contributed by atoms with Crippen LogP contribution in [0.25, 0.3) is 0 Å². The van der Waals surface area contributed by atoms with E-state index < -0.39 is 19.5 Å². The molecule has 0 heterocycles. The molecule has 1 aliphatic rings. The number of allylic oxidation sites excluding steroid dienone is 2. The van der Waals surface area contributed by atoms with E-state index in [-0.39, 0.29) is 11.9 Å². The van der Waals surface area contributed by atoms with Crippen molar-refractivity contribution in [2.24, 2.45) is 11.8 Å². The number of esters is 1. The van der Waals surface area contributed by atoms with Crippen molar-refractivity contribution in [1.82, 2.24) is 0 Å². The summed E-state index contributed by atoms with van der Waals surface area (Å²) >= 11 is 0. The van der Waals surface area contributed by atoms with Gasteiger partial charge < -0.3 is 14.3 Å². The third kappa shape index (κ3) is 6.08. The summed E-state index contributed by atoms with van der Waals surface area (Å²) in [5, 5.41) is 10.8. The molecule has 1 fully saturated rings. The lowest BCUT2D eigenvalue weighted by atomic mass is 9.76. The van der Waals surface area contributed by atoms with Crippen molar-refractivity contribution >= 4 is 14.3 Å². The van der Waals surface area contributed by atoms with Gasteiger partial charge in [0.2, 0.25) is 0 Å². The van der Waals surface area contributed by atoms with Gasteiger partial charge >= 0.3 is 5.97 Å². The van der Waals surface area contributed by atoms with Gasteiger partial charge in [-0.15, -0.1) is 0 Å². The van der Waals surface area contributed by atoms with Gasteiger partial charge in [-0.3, -0.25) is 0 Å². The molecule has 0 aromatic heterocycles. The smallest absolute Gasteiger partial charge is 0.330 e. The third-order valence-corrected chi connectivity index (χ3v) is 5.74. The number of rotatable bonds is 7. The van der Waals surface area contributed by atoms with E-state index in [0.29, 0.717) is 12.5 Å². The van der Waals surface area contributed by atoms with Crippen LogP contribution >= 0.6 is 0 Å². The number of aliphatic hydroxyl groups is 1. The fourth-order valence-electron chi connectivity index (χ4n) is 3.81. The van der Waals surface area contributed by atoms with Crippen LogP contribution in [0, 0.1) is 11.8 Å². The molecule has 1 N–H and O–H groups in total. The van der Waals surface area contributed by atoms with E-state index in [0.717, 1.165) is 18.4 Å². The van der Waals surface area contributed by atoms with Crippen LogP contribution in [0.2, 0.25) is 19.6 Å². The number of ether oxygens (including phenoxy) is 1. The molecule has 0 aromatic rings. The molecular formula is C20H36O4Si. The number of carbonyl (C=O) groups excluding carboxylic acids is 1. The van der Waals surface area contributed by atoms with Gasteiger partial charge in [-0.1, -0.05) is 19.1 Å². The Morgan fingerprint density at radius 1 is 1.32 bits per heavy atom. The van der Waals surface area contributed by atoms with E-state index in [9.17, 15) is 9.90 Å². The lowest BCUT2D eigenvalue weighted by Crippen LogP contribution is -2.53. The molecule has 3 unspecified atom stereocenters. The summed E-state index contributed by atoms with van der Waals surface area (Å²) in [6.45, 7) is 16.5. The minimum absolute atomic E-state index is 0.0216. The first-order valence-electron chi connectivity index (χ1n) is 9.28. The number of hydrogen-bond acceptors (Lipinski definition) is 4. The second-order valence-corrected chi connectivity index (χ2v) is 13.2. The highest BCUT2D eigenvalue weighted by Crippen LogP contribution is 2.50. The molecule has 0 amide bonds. The largest absolute Gasteiger partial charge is 0.463 e. The molecule has 0 radical (unpaired) electrons. The Morgan fingerprint density at radius 3 is 2.40 bits per heavy atom. The summed E-state index contributed by atoms with van der Waals surface area (Å²) < 4.78 is 11.7. The Morgan fingerprint density at radius 2 is 1.92 bits per heavy atom. The van der Waals surface area contributed by atoms with Crippen molar-refractivity contribution < 1.29 is 19.1 Å². The summed E-state index contributed by atoms with van der Waals surface area (Å²) in [5.41, 5.74) is -0.509. The zero-order chi connectivity index (χ0) is 19.5. The van der Waals surface area contributed by atoms with Gasteiger partial charge in [-0.05, 0) is 71.7 Å². The third-order valence-electron chi connectivity index (χ3n) is 4.78. The molecule has 0 spiro atoms.